The highest BCUT2D eigenvalue weighted by atomic mass is 15.0. The number of hydrogen-bond donors (Lipinski definition) is 0. The lowest BCUT2D eigenvalue weighted by atomic mass is 10.0. The zero-order chi connectivity index (χ0) is 33.5. The number of para-hydroxylation sites is 5. The molecule has 3 heterocycles. The predicted octanol–water partition coefficient (Wildman–Crippen LogP) is 12.6. The maximum atomic E-state index is 2.41. The van der Waals surface area contributed by atoms with Crippen LogP contribution in [0, 0.1) is 0 Å². The van der Waals surface area contributed by atoms with Crippen LogP contribution in [-0.2, 0) is 0 Å². The molecule has 0 spiro atoms. The quantitative estimate of drug-likeness (QED) is 0.180. The number of hydrogen-bond acceptors (Lipinski definition) is 0. The van der Waals surface area contributed by atoms with Crippen molar-refractivity contribution in [1.29, 1.82) is 0 Å². The number of benzene rings is 8. The molecule has 0 aliphatic carbocycles. The summed E-state index contributed by atoms with van der Waals surface area (Å²) in [5, 5.41) is 7.60. The van der Waals surface area contributed by atoms with Crippen LogP contribution in [0.2, 0.25) is 0 Å². The first-order chi connectivity index (χ1) is 25.3. The van der Waals surface area contributed by atoms with Crippen molar-refractivity contribution in [3.05, 3.63) is 188 Å². The molecule has 238 valence electrons. The number of rotatable bonds is 4. The minimum Gasteiger partial charge on any atom is -0.309 e. The molecule has 11 aromatic rings. The smallest absolute Gasteiger partial charge is 0.0561 e. The number of nitrogens with zero attached hydrogens (tertiary/aromatic N) is 3. The first kappa shape index (κ1) is 28.0. The van der Waals surface area contributed by atoms with E-state index in [1.807, 2.05) is 0 Å². The second-order valence-corrected chi connectivity index (χ2v) is 13.4. The molecule has 11 rings (SSSR count). The zero-order valence-electron chi connectivity index (χ0n) is 27.7. The van der Waals surface area contributed by atoms with Gasteiger partial charge in [0.2, 0.25) is 0 Å². The SMILES string of the molecule is c1ccc2c(c1)c1ccccc1n2-c1ccc(-c2ccc(-n3c4ccccc4c4ccc(-n5c6ccccc6c6ccccc65)cc43)cc2)cc1. The van der Waals surface area contributed by atoms with Crippen molar-refractivity contribution in [1.82, 2.24) is 13.7 Å². The van der Waals surface area contributed by atoms with Gasteiger partial charge in [-0.25, -0.2) is 0 Å². The molecule has 0 saturated heterocycles. The van der Waals surface area contributed by atoms with E-state index in [1.165, 1.54) is 76.5 Å². The molecule has 8 aromatic carbocycles. The van der Waals surface area contributed by atoms with E-state index in [4.69, 9.17) is 0 Å². The maximum Gasteiger partial charge on any atom is 0.0561 e. The Balaban J connectivity index is 1.02. The van der Waals surface area contributed by atoms with Gasteiger partial charge in [-0.3, -0.25) is 0 Å². The van der Waals surface area contributed by atoms with Gasteiger partial charge in [0.1, 0.15) is 0 Å². The van der Waals surface area contributed by atoms with Crippen LogP contribution in [0.3, 0.4) is 0 Å². The van der Waals surface area contributed by atoms with Crippen molar-refractivity contribution < 1.29 is 0 Å². The van der Waals surface area contributed by atoms with Gasteiger partial charge in [-0.1, -0.05) is 121 Å². The summed E-state index contributed by atoms with van der Waals surface area (Å²) in [6.07, 6.45) is 0. The van der Waals surface area contributed by atoms with Crippen LogP contribution in [0.5, 0.6) is 0 Å². The Kier molecular flexibility index (Phi) is 5.96. The highest BCUT2D eigenvalue weighted by molar-refractivity contribution is 6.12. The van der Waals surface area contributed by atoms with E-state index in [9.17, 15) is 0 Å². The highest BCUT2D eigenvalue weighted by Crippen LogP contribution is 2.38. The first-order valence-electron chi connectivity index (χ1n) is 17.5. The Hall–Kier alpha value is -6.84. The molecule has 0 radical (unpaired) electrons. The van der Waals surface area contributed by atoms with Gasteiger partial charge in [0.05, 0.1) is 33.1 Å². The van der Waals surface area contributed by atoms with Gasteiger partial charge < -0.3 is 13.7 Å². The number of fused-ring (bicyclic) bond motifs is 9. The Morgan fingerprint density at radius 2 is 0.490 bits per heavy atom. The third-order valence-electron chi connectivity index (χ3n) is 10.7. The van der Waals surface area contributed by atoms with E-state index in [-0.39, 0.29) is 0 Å². The molecule has 51 heavy (non-hydrogen) atoms. The monoisotopic (exact) mass is 649 g/mol. The van der Waals surface area contributed by atoms with Gasteiger partial charge in [-0.15, -0.1) is 0 Å². The van der Waals surface area contributed by atoms with Crippen molar-refractivity contribution in [3.8, 4) is 28.2 Å². The van der Waals surface area contributed by atoms with Crippen molar-refractivity contribution in [2.75, 3.05) is 0 Å². The van der Waals surface area contributed by atoms with Crippen LogP contribution in [0.4, 0.5) is 0 Å². The minimum absolute atomic E-state index is 1.14. The van der Waals surface area contributed by atoms with Gasteiger partial charge in [0, 0.05) is 49.4 Å². The van der Waals surface area contributed by atoms with E-state index in [2.05, 4.69) is 202 Å². The summed E-state index contributed by atoms with van der Waals surface area (Å²) < 4.78 is 7.18. The standard InChI is InChI=1S/C48H31N3/c1-6-16-43-37(11-1)38-12-2-7-17-44(38)49(43)34-25-21-32(22-26-34)33-23-27-35(28-24-33)50-45-18-8-5-15-41(45)42-30-29-36(31-48(42)50)51-46-19-9-3-13-39(46)40-14-4-10-20-47(40)51/h1-31H. The molecule has 0 aliphatic heterocycles. The number of aromatic nitrogens is 3. The van der Waals surface area contributed by atoms with Crippen LogP contribution >= 0.6 is 0 Å². The second-order valence-electron chi connectivity index (χ2n) is 13.4. The van der Waals surface area contributed by atoms with E-state index in [0.29, 0.717) is 0 Å². The average Bonchev–Trinajstić information content (AvgIpc) is 3.84. The second kappa shape index (κ2) is 10.8. The fourth-order valence-electron chi connectivity index (χ4n) is 8.38. The van der Waals surface area contributed by atoms with E-state index < -0.39 is 0 Å². The molecule has 0 aliphatic rings. The van der Waals surface area contributed by atoms with Gasteiger partial charge in [-0.05, 0) is 77.9 Å². The Morgan fingerprint density at radius 3 is 0.863 bits per heavy atom. The van der Waals surface area contributed by atoms with Gasteiger partial charge in [-0.2, -0.15) is 0 Å². The Bertz CT molecular complexity index is 3010. The van der Waals surface area contributed by atoms with E-state index in [0.717, 1.165) is 17.1 Å². The fraction of sp³-hybridized carbons (Fsp3) is 0. The molecule has 0 bridgehead atoms. The molecular formula is C48H31N3. The summed E-state index contributed by atoms with van der Waals surface area (Å²) in [7, 11) is 0. The lowest BCUT2D eigenvalue weighted by molar-refractivity contribution is 1.15. The van der Waals surface area contributed by atoms with E-state index in [1.54, 1.807) is 0 Å². The average molecular weight is 650 g/mol. The van der Waals surface area contributed by atoms with Crippen LogP contribution in [0.1, 0.15) is 0 Å². The normalized spacial score (nSPS) is 11.9. The van der Waals surface area contributed by atoms with Crippen molar-refractivity contribution in [2.24, 2.45) is 0 Å². The molecule has 3 aromatic heterocycles. The van der Waals surface area contributed by atoms with Crippen molar-refractivity contribution in [3.63, 3.8) is 0 Å². The summed E-state index contributed by atoms with van der Waals surface area (Å²) in [6.45, 7) is 0. The predicted molar refractivity (Wildman–Crippen MR) is 215 cm³/mol. The molecule has 0 unspecified atom stereocenters. The minimum atomic E-state index is 1.14. The Labute approximate surface area is 294 Å². The molecule has 0 N–H and O–H groups in total. The van der Waals surface area contributed by atoms with Crippen molar-refractivity contribution in [2.45, 2.75) is 0 Å². The lowest BCUT2D eigenvalue weighted by Gasteiger charge is -2.12. The fourth-order valence-corrected chi connectivity index (χ4v) is 8.38. The molecule has 3 nitrogen and oxygen atoms in total. The van der Waals surface area contributed by atoms with Crippen LogP contribution in [0.25, 0.3) is 93.6 Å². The van der Waals surface area contributed by atoms with Crippen LogP contribution in [0.15, 0.2) is 188 Å². The zero-order valence-corrected chi connectivity index (χ0v) is 27.7. The van der Waals surface area contributed by atoms with Crippen LogP contribution < -0.4 is 0 Å². The molecule has 0 amide bonds. The van der Waals surface area contributed by atoms with Crippen LogP contribution in [-0.4, -0.2) is 13.7 Å². The summed E-state index contributed by atoms with van der Waals surface area (Å²) in [4.78, 5) is 0. The topological polar surface area (TPSA) is 14.8 Å². The van der Waals surface area contributed by atoms with E-state index >= 15 is 0 Å². The maximum absolute atomic E-state index is 2.41. The molecule has 0 fully saturated rings. The summed E-state index contributed by atoms with van der Waals surface area (Å²) >= 11 is 0. The Morgan fingerprint density at radius 1 is 0.216 bits per heavy atom. The molecular weight excluding hydrogens is 619 g/mol. The summed E-state index contributed by atoms with van der Waals surface area (Å²) in [6, 6.07) is 68.4. The lowest BCUT2D eigenvalue weighted by Crippen LogP contribution is -1.97. The molecule has 0 saturated carbocycles. The molecule has 3 heteroatoms. The van der Waals surface area contributed by atoms with Gasteiger partial charge in [0.25, 0.3) is 0 Å². The highest BCUT2D eigenvalue weighted by Gasteiger charge is 2.17. The third kappa shape index (κ3) is 4.12. The van der Waals surface area contributed by atoms with Crippen molar-refractivity contribution >= 4 is 65.4 Å². The summed E-state index contributed by atoms with van der Waals surface area (Å²) in [5.41, 5.74) is 13.1. The van der Waals surface area contributed by atoms with Gasteiger partial charge in [0.15, 0.2) is 0 Å². The third-order valence-corrected chi connectivity index (χ3v) is 10.7. The largest absolute Gasteiger partial charge is 0.309 e. The van der Waals surface area contributed by atoms with Gasteiger partial charge >= 0.3 is 0 Å². The molecule has 0 atom stereocenters. The summed E-state index contributed by atoms with van der Waals surface area (Å²) in [5.74, 6) is 0. The first-order valence-corrected chi connectivity index (χ1v) is 17.5.